The van der Waals surface area contributed by atoms with Crippen LogP contribution in [0, 0.1) is 0 Å². The molecule has 0 aromatic carbocycles. The van der Waals surface area contributed by atoms with E-state index in [2.05, 4.69) is 41.8 Å². The molecule has 1 rings (SSSR count). The standard InChI is InChI=1S/C8H15N2.BrH/c1-3-4-7-10-8-5-6-9(10)2;/h5-6,8H,3-4,7H2,1-2H3;1H/q+1;/p-1. The molecule has 0 saturated carbocycles. The molecule has 0 radical (unpaired) electrons. The molecule has 0 saturated heterocycles. The lowest BCUT2D eigenvalue weighted by Gasteiger charge is -1.96. The summed E-state index contributed by atoms with van der Waals surface area (Å²) in [5, 5.41) is 0. The smallest absolute Gasteiger partial charge is 0.195 e. The van der Waals surface area contributed by atoms with E-state index in [1.807, 2.05) is 0 Å². The van der Waals surface area contributed by atoms with Gasteiger partial charge in [0.25, 0.3) is 0 Å². The molecule has 0 aliphatic carbocycles. The quantitative estimate of drug-likeness (QED) is 0.526. The van der Waals surface area contributed by atoms with Crippen LogP contribution in [0.2, 0.25) is 0 Å². The third-order valence-electron chi connectivity index (χ3n) is 1.71. The van der Waals surface area contributed by atoms with Crippen molar-refractivity contribution >= 4 is 0 Å². The summed E-state index contributed by atoms with van der Waals surface area (Å²) in [6.45, 7) is 3.35. The van der Waals surface area contributed by atoms with Crippen molar-refractivity contribution in [1.29, 1.82) is 0 Å². The Hall–Kier alpha value is -0.310. The predicted octanol–water partition coefficient (Wildman–Crippen LogP) is -1.88. The Kier molecular flexibility index (Phi) is 5.20. The van der Waals surface area contributed by atoms with Crippen LogP contribution >= 0.6 is 0 Å². The molecule has 1 heterocycles. The van der Waals surface area contributed by atoms with E-state index in [9.17, 15) is 0 Å². The van der Waals surface area contributed by atoms with Gasteiger partial charge in [-0.3, -0.25) is 0 Å². The van der Waals surface area contributed by atoms with Crippen LogP contribution in [0.3, 0.4) is 0 Å². The minimum absolute atomic E-state index is 0. The Morgan fingerprint density at radius 2 is 2.18 bits per heavy atom. The number of aromatic nitrogens is 2. The molecule has 3 heteroatoms. The largest absolute Gasteiger partial charge is 1.00 e. The second kappa shape index (κ2) is 5.35. The van der Waals surface area contributed by atoms with Crippen molar-refractivity contribution in [1.82, 2.24) is 4.68 Å². The average molecular weight is 219 g/mol. The second-order valence-corrected chi connectivity index (χ2v) is 2.58. The van der Waals surface area contributed by atoms with Crippen LogP contribution in [0.15, 0.2) is 18.5 Å². The SMILES string of the molecule is CCCCn1ccc[n+]1C.[Br-]. The summed E-state index contributed by atoms with van der Waals surface area (Å²) in [5.74, 6) is 0. The Labute approximate surface area is 78.6 Å². The van der Waals surface area contributed by atoms with E-state index >= 15 is 0 Å². The molecule has 0 unspecified atom stereocenters. The topological polar surface area (TPSA) is 8.81 Å². The van der Waals surface area contributed by atoms with Crippen molar-refractivity contribution in [2.24, 2.45) is 7.05 Å². The summed E-state index contributed by atoms with van der Waals surface area (Å²) >= 11 is 0. The van der Waals surface area contributed by atoms with E-state index in [1.165, 1.54) is 12.8 Å². The maximum atomic E-state index is 2.21. The highest BCUT2D eigenvalue weighted by Crippen LogP contribution is 1.90. The van der Waals surface area contributed by atoms with Crippen molar-refractivity contribution in [3.63, 3.8) is 0 Å². The fourth-order valence-corrected chi connectivity index (χ4v) is 1.01. The second-order valence-electron chi connectivity index (χ2n) is 2.58. The molecule has 0 aliphatic heterocycles. The minimum atomic E-state index is 0. The van der Waals surface area contributed by atoms with Crippen LogP contribution in [0.4, 0.5) is 0 Å². The molecule has 0 bridgehead atoms. The maximum absolute atomic E-state index is 2.21. The fourth-order valence-electron chi connectivity index (χ4n) is 1.01. The van der Waals surface area contributed by atoms with Crippen LogP contribution in [0.25, 0.3) is 0 Å². The molecule has 0 fully saturated rings. The Bertz CT molecular complexity index is 196. The summed E-state index contributed by atoms with van der Waals surface area (Å²) in [7, 11) is 2.07. The highest BCUT2D eigenvalue weighted by molar-refractivity contribution is 4.70. The molecule has 0 aliphatic rings. The normalized spacial score (nSPS) is 9.27. The number of hydrogen-bond donors (Lipinski definition) is 0. The van der Waals surface area contributed by atoms with Crippen molar-refractivity contribution in [2.45, 2.75) is 26.3 Å². The van der Waals surface area contributed by atoms with E-state index < -0.39 is 0 Å². The number of nitrogens with zero attached hydrogens (tertiary/aromatic N) is 2. The van der Waals surface area contributed by atoms with Gasteiger partial charge >= 0.3 is 0 Å². The van der Waals surface area contributed by atoms with E-state index in [1.54, 1.807) is 0 Å². The van der Waals surface area contributed by atoms with Gasteiger partial charge in [-0.25, -0.2) is 0 Å². The van der Waals surface area contributed by atoms with Gasteiger partial charge in [0.15, 0.2) is 13.2 Å². The first-order chi connectivity index (χ1) is 4.84. The van der Waals surface area contributed by atoms with Crippen LogP contribution in [-0.4, -0.2) is 4.68 Å². The van der Waals surface area contributed by atoms with Gasteiger partial charge in [-0.2, -0.15) is 4.68 Å². The summed E-state index contributed by atoms with van der Waals surface area (Å²) < 4.78 is 4.32. The number of aryl methyl sites for hydroxylation is 2. The van der Waals surface area contributed by atoms with E-state index in [0.717, 1.165) is 6.54 Å². The van der Waals surface area contributed by atoms with Crippen molar-refractivity contribution in [3.05, 3.63) is 18.5 Å². The first kappa shape index (κ1) is 10.7. The van der Waals surface area contributed by atoms with Gasteiger partial charge in [0.1, 0.15) is 0 Å². The number of hydrogen-bond acceptors (Lipinski definition) is 0. The van der Waals surface area contributed by atoms with Crippen LogP contribution in [-0.2, 0) is 13.6 Å². The lowest BCUT2D eigenvalue weighted by Crippen LogP contribution is -3.00. The number of unbranched alkanes of at least 4 members (excludes halogenated alkanes) is 1. The molecular weight excluding hydrogens is 204 g/mol. The van der Waals surface area contributed by atoms with Gasteiger partial charge in [-0.05, 0) is 6.42 Å². The molecule has 11 heavy (non-hydrogen) atoms. The van der Waals surface area contributed by atoms with Crippen molar-refractivity contribution < 1.29 is 21.7 Å². The van der Waals surface area contributed by atoms with Crippen molar-refractivity contribution in [2.75, 3.05) is 0 Å². The average Bonchev–Trinajstić information content (AvgIpc) is 2.31. The molecule has 0 spiro atoms. The lowest BCUT2D eigenvalue weighted by molar-refractivity contribution is -0.753. The highest BCUT2D eigenvalue weighted by Gasteiger charge is 1.98. The summed E-state index contributed by atoms with van der Waals surface area (Å²) in [6.07, 6.45) is 6.70. The number of halogens is 1. The zero-order valence-electron chi connectivity index (χ0n) is 7.13. The van der Waals surface area contributed by atoms with Gasteiger partial charge in [-0.1, -0.05) is 13.3 Å². The van der Waals surface area contributed by atoms with Crippen LogP contribution in [0.1, 0.15) is 19.8 Å². The molecule has 0 amide bonds. The summed E-state index contributed by atoms with van der Waals surface area (Å²) in [4.78, 5) is 0. The summed E-state index contributed by atoms with van der Waals surface area (Å²) in [5.41, 5.74) is 0. The predicted molar refractivity (Wildman–Crippen MR) is 40.5 cm³/mol. The van der Waals surface area contributed by atoms with Gasteiger partial charge in [-0.15, -0.1) is 4.68 Å². The van der Waals surface area contributed by atoms with Crippen molar-refractivity contribution in [3.8, 4) is 0 Å². The highest BCUT2D eigenvalue weighted by atomic mass is 79.9. The Morgan fingerprint density at radius 3 is 2.64 bits per heavy atom. The van der Waals surface area contributed by atoms with E-state index in [4.69, 9.17) is 0 Å². The van der Waals surface area contributed by atoms with Crippen LogP contribution < -0.4 is 21.7 Å². The monoisotopic (exact) mass is 218 g/mol. The van der Waals surface area contributed by atoms with Gasteiger partial charge in [0, 0.05) is 6.07 Å². The molecular formula is C8H15BrN2. The van der Waals surface area contributed by atoms with E-state index in [0.29, 0.717) is 0 Å². The number of rotatable bonds is 3. The third-order valence-corrected chi connectivity index (χ3v) is 1.71. The van der Waals surface area contributed by atoms with E-state index in [-0.39, 0.29) is 17.0 Å². The first-order valence-electron chi connectivity index (χ1n) is 3.85. The lowest BCUT2D eigenvalue weighted by atomic mass is 10.3. The molecule has 64 valence electrons. The maximum Gasteiger partial charge on any atom is 0.195 e. The molecule has 1 aromatic rings. The zero-order chi connectivity index (χ0) is 7.40. The zero-order valence-corrected chi connectivity index (χ0v) is 8.71. The molecule has 2 nitrogen and oxygen atoms in total. The third kappa shape index (κ3) is 3.06. The van der Waals surface area contributed by atoms with Gasteiger partial charge in [0.05, 0.1) is 12.7 Å². The minimum Gasteiger partial charge on any atom is -1.00 e. The Balaban J connectivity index is 0.000001000. The summed E-state index contributed by atoms with van der Waals surface area (Å²) in [6, 6.07) is 2.07. The fraction of sp³-hybridized carbons (Fsp3) is 0.625. The Morgan fingerprint density at radius 1 is 1.45 bits per heavy atom. The molecule has 1 aromatic heterocycles. The first-order valence-corrected chi connectivity index (χ1v) is 3.85. The van der Waals surface area contributed by atoms with Crippen LogP contribution in [0.5, 0.6) is 0 Å². The molecule has 0 N–H and O–H groups in total. The van der Waals surface area contributed by atoms with Gasteiger partial charge < -0.3 is 17.0 Å². The van der Waals surface area contributed by atoms with Gasteiger partial charge in [0.2, 0.25) is 0 Å². The molecule has 0 atom stereocenters.